The van der Waals surface area contributed by atoms with Crippen LogP contribution in [0.25, 0.3) is 0 Å². The normalized spacial score (nSPS) is 19.7. The van der Waals surface area contributed by atoms with Crippen LogP contribution >= 0.6 is 0 Å². The molecule has 1 heterocycles. The minimum Gasteiger partial charge on any atom is -0.397 e. The number of nitrogens with two attached hydrogens (primary N) is 1. The van der Waals surface area contributed by atoms with Gasteiger partial charge in [0.15, 0.2) is 0 Å². The van der Waals surface area contributed by atoms with Crippen LogP contribution < -0.4 is 10.6 Å². The van der Waals surface area contributed by atoms with Gasteiger partial charge >= 0.3 is 0 Å². The van der Waals surface area contributed by atoms with Gasteiger partial charge in [-0.25, -0.2) is 0 Å². The van der Waals surface area contributed by atoms with Crippen molar-refractivity contribution in [2.75, 3.05) is 24.3 Å². The van der Waals surface area contributed by atoms with Gasteiger partial charge in [-0.3, -0.25) is 4.79 Å². The minimum atomic E-state index is -0.301. The molecule has 1 atom stereocenters. The zero-order chi connectivity index (χ0) is 11.5. The van der Waals surface area contributed by atoms with E-state index in [-0.39, 0.29) is 12.0 Å². The van der Waals surface area contributed by atoms with Crippen LogP contribution in [0.2, 0.25) is 0 Å². The molecule has 1 aliphatic rings. The molecule has 1 amide bonds. The van der Waals surface area contributed by atoms with Crippen molar-refractivity contribution in [3.63, 3.8) is 0 Å². The number of carbonyl (C=O) groups is 1. The number of amides is 1. The predicted octanol–water partition coefficient (Wildman–Crippen LogP) is 1.41. The van der Waals surface area contributed by atoms with Gasteiger partial charge in [0.25, 0.3) is 5.91 Å². The Balaban J connectivity index is 2.15. The fraction of sp³-hybridized carbons (Fsp3) is 0.417. The Morgan fingerprint density at radius 3 is 2.88 bits per heavy atom. The monoisotopic (exact) mass is 220 g/mol. The molecule has 0 aromatic heterocycles. The maximum absolute atomic E-state index is 12.0. The number of carbonyl (C=O) groups excluding carboxylic acids is 1. The van der Waals surface area contributed by atoms with E-state index in [1.807, 2.05) is 18.2 Å². The summed E-state index contributed by atoms with van der Waals surface area (Å²) in [5, 5.41) is 0. The molecule has 4 nitrogen and oxygen atoms in total. The van der Waals surface area contributed by atoms with Crippen LogP contribution in [-0.4, -0.2) is 25.7 Å². The number of rotatable bonds is 2. The lowest BCUT2D eigenvalue weighted by Gasteiger charge is -2.21. The fourth-order valence-corrected chi connectivity index (χ4v) is 1.90. The Morgan fingerprint density at radius 1 is 1.50 bits per heavy atom. The third-order valence-corrected chi connectivity index (χ3v) is 2.83. The molecule has 1 aromatic carbocycles. The molecule has 2 N–H and O–H groups in total. The molecule has 1 unspecified atom stereocenters. The van der Waals surface area contributed by atoms with E-state index in [1.165, 1.54) is 0 Å². The maximum Gasteiger partial charge on any atom is 0.255 e. The molecule has 1 aromatic rings. The number of benzene rings is 1. The SMILES string of the molecule is CN(C(=O)C1CCCO1)c1ccccc1N. The first-order valence-corrected chi connectivity index (χ1v) is 5.44. The average Bonchev–Trinajstić information content (AvgIpc) is 2.81. The zero-order valence-electron chi connectivity index (χ0n) is 9.35. The Hall–Kier alpha value is -1.55. The number of anilines is 2. The second-order valence-corrected chi connectivity index (χ2v) is 3.96. The van der Waals surface area contributed by atoms with Crippen molar-refractivity contribution >= 4 is 17.3 Å². The summed E-state index contributed by atoms with van der Waals surface area (Å²) in [6, 6.07) is 7.34. The second kappa shape index (κ2) is 4.53. The summed E-state index contributed by atoms with van der Waals surface area (Å²) in [5.41, 5.74) is 7.17. The number of nitrogens with zero attached hydrogens (tertiary/aromatic N) is 1. The minimum absolute atomic E-state index is 0.0181. The summed E-state index contributed by atoms with van der Waals surface area (Å²) in [4.78, 5) is 13.6. The van der Waals surface area contributed by atoms with Crippen molar-refractivity contribution in [1.82, 2.24) is 0 Å². The summed E-state index contributed by atoms with van der Waals surface area (Å²) >= 11 is 0. The molecule has 1 fully saturated rings. The quantitative estimate of drug-likeness (QED) is 0.767. The van der Waals surface area contributed by atoms with Gasteiger partial charge in [0, 0.05) is 13.7 Å². The van der Waals surface area contributed by atoms with Crippen molar-refractivity contribution in [3.05, 3.63) is 24.3 Å². The highest BCUT2D eigenvalue weighted by Crippen LogP contribution is 2.24. The first kappa shape index (κ1) is 11.0. The number of para-hydroxylation sites is 2. The molecule has 86 valence electrons. The lowest BCUT2D eigenvalue weighted by Crippen LogP contribution is -2.36. The Morgan fingerprint density at radius 2 is 2.25 bits per heavy atom. The highest BCUT2D eigenvalue weighted by Gasteiger charge is 2.27. The maximum atomic E-state index is 12.0. The third-order valence-electron chi connectivity index (χ3n) is 2.83. The summed E-state index contributed by atoms with van der Waals surface area (Å²) in [7, 11) is 1.73. The van der Waals surface area contributed by atoms with Crippen molar-refractivity contribution in [1.29, 1.82) is 0 Å². The molecule has 2 rings (SSSR count). The average molecular weight is 220 g/mol. The molecule has 1 aliphatic heterocycles. The zero-order valence-corrected chi connectivity index (χ0v) is 9.35. The summed E-state index contributed by atoms with van der Waals surface area (Å²) in [6.07, 6.45) is 1.45. The highest BCUT2D eigenvalue weighted by atomic mass is 16.5. The predicted molar refractivity (Wildman–Crippen MR) is 63.2 cm³/mol. The van der Waals surface area contributed by atoms with Gasteiger partial charge in [-0.05, 0) is 25.0 Å². The first-order valence-electron chi connectivity index (χ1n) is 5.44. The van der Waals surface area contributed by atoms with Crippen LogP contribution in [0.5, 0.6) is 0 Å². The Labute approximate surface area is 95.0 Å². The van der Waals surface area contributed by atoms with Crippen molar-refractivity contribution < 1.29 is 9.53 Å². The summed E-state index contributed by atoms with van der Waals surface area (Å²) in [5.74, 6) is -0.0181. The van der Waals surface area contributed by atoms with Crippen molar-refractivity contribution in [2.24, 2.45) is 0 Å². The van der Waals surface area contributed by atoms with E-state index < -0.39 is 0 Å². The smallest absolute Gasteiger partial charge is 0.255 e. The molecular weight excluding hydrogens is 204 g/mol. The van der Waals surface area contributed by atoms with Gasteiger partial charge in [-0.2, -0.15) is 0 Å². The van der Waals surface area contributed by atoms with Gasteiger partial charge < -0.3 is 15.4 Å². The van der Waals surface area contributed by atoms with E-state index in [4.69, 9.17) is 10.5 Å². The number of likely N-dealkylation sites (N-methyl/N-ethyl adjacent to an activating group) is 1. The highest BCUT2D eigenvalue weighted by molar-refractivity contribution is 5.98. The van der Waals surface area contributed by atoms with E-state index in [1.54, 1.807) is 18.0 Å². The standard InChI is InChI=1S/C12H16N2O2/c1-14(10-6-3-2-5-9(10)13)12(15)11-7-4-8-16-11/h2-3,5-6,11H,4,7-8,13H2,1H3. The molecule has 0 aliphatic carbocycles. The molecule has 1 saturated heterocycles. The van der Waals surface area contributed by atoms with Crippen molar-refractivity contribution in [2.45, 2.75) is 18.9 Å². The van der Waals surface area contributed by atoms with Gasteiger partial charge in [0.2, 0.25) is 0 Å². The lowest BCUT2D eigenvalue weighted by atomic mass is 10.2. The molecular formula is C12H16N2O2. The Kier molecular flexibility index (Phi) is 3.10. The van der Waals surface area contributed by atoms with E-state index >= 15 is 0 Å². The van der Waals surface area contributed by atoms with E-state index in [9.17, 15) is 4.79 Å². The topological polar surface area (TPSA) is 55.6 Å². The summed E-state index contributed by atoms with van der Waals surface area (Å²) < 4.78 is 5.37. The summed E-state index contributed by atoms with van der Waals surface area (Å²) in [6.45, 7) is 0.675. The van der Waals surface area contributed by atoms with Crippen LogP contribution in [-0.2, 0) is 9.53 Å². The van der Waals surface area contributed by atoms with Gasteiger partial charge in [0.1, 0.15) is 6.10 Å². The van der Waals surface area contributed by atoms with E-state index in [0.29, 0.717) is 12.3 Å². The number of ether oxygens (including phenoxy) is 1. The van der Waals surface area contributed by atoms with Crippen LogP contribution in [0.4, 0.5) is 11.4 Å². The molecule has 0 saturated carbocycles. The first-order chi connectivity index (χ1) is 7.70. The Bertz CT molecular complexity index is 386. The van der Waals surface area contributed by atoms with Crippen LogP contribution in [0.1, 0.15) is 12.8 Å². The lowest BCUT2D eigenvalue weighted by molar-refractivity contribution is -0.127. The van der Waals surface area contributed by atoms with Crippen LogP contribution in [0.3, 0.4) is 0 Å². The van der Waals surface area contributed by atoms with E-state index in [2.05, 4.69) is 0 Å². The van der Waals surface area contributed by atoms with Crippen LogP contribution in [0, 0.1) is 0 Å². The second-order valence-electron chi connectivity index (χ2n) is 3.96. The molecule has 16 heavy (non-hydrogen) atoms. The fourth-order valence-electron chi connectivity index (χ4n) is 1.90. The van der Waals surface area contributed by atoms with Gasteiger partial charge in [0.05, 0.1) is 11.4 Å². The molecule has 0 spiro atoms. The molecule has 4 heteroatoms. The molecule has 0 radical (unpaired) electrons. The van der Waals surface area contributed by atoms with E-state index in [0.717, 1.165) is 18.5 Å². The largest absolute Gasteiger partial charge is 0.397 e. The number of hydrogen-bond donors (Lipinski definition) is 1. The van der Waals surface area contributed by atoms with Gasteiger partial charge in [-0.15, -0.1) is 0 Å². The number of nitrogen functional groups attached to an aromatic ring is 1. The third kappa shape index (κ3) is 2.02. The van der Waals surface area contributed by atoms with Crippen molar-refractivity contribution in [3.8, 4) is 0 Å². The van der Waals surface area contributed by atoms with Gasteiger partial charge in [-0.1, -0.05) is 12.1 Å². The molecule has 0 bridgehead atoms. The van der Waals surface area contributed by atoms with Crippen LogP contribution in [0.15, 0.2) is 24.3 Å². The number of hydrogen-bond acceptors (Lipinski definition) is 3.